The van der Waals surface area contributed by atoms with Crippen molar-refractivity contribution in [2.45, 2.75) is 4.90 Å². The SMILES string of the molecule is NC(=O)c1ccc(NC(=O)CSc2ccc(NC(=S)Nc3ccccc3)cc2)cc1. The highest BCUT2D eigenvalue weighted by atomic mass is 32.2. The van der Waals surface area contributed by atoms with Gasteiger partial charge in [-0.05, 0) is 72.9 Å². The summed E-state index contributed by atoms with van der Waals surface area (Å²) in [4.78, 5) is 24.2. The number of benzene rings is 3. The molecule has 3 rings (SSSR count). The van der Waals surface area contributed by atoms with Crippen molar-refractivity contribution < 1.29 is 9.59 Å². The molecule has 0 unspecified atom stereocenters. The summed E-state index contributed by atoms with van der Waals surface area (Å²) in [6.45, 7) is 0. The molecular formula is C22H20N4O2S2. The molecule has 0 aromatic heterocycles. The number of nitrogens with one attached hydrogen (secondary N) is 3. The summed E-state index contributed by atoms with van der Waals surface area (Å²) in [5.41, 5.74) is 7.99. The minimum absolute atomic E-state index is 0.137. The summed E-state index contributed by atoms with van der Waals surface area (Å²) < 4.78 is 0. The van der Waals surface area contributed by atoms with Crippen LogP contribution in [0.25, 0.3) is 0 Å². The van der Waals surface area contributed by atoms with E-state index in [1.54, 1.807) is 24.3 Å². The van der Waals surface area contributed by atoms with Gasteiger partial charge in [-0.2, -0.15) is 0 Å². The third-order valence-electron chi connectivity index (χ3n) is 3.97. The molecular weight excluding hydrogens is 416 g/mol. The second-order valence-electron chi connectivity index (χ2n) is 6.25. The van der Waals surface area contributed by atoms with Gasteiger partial charge in [0, 0.05) is 27.5 Å². The molecule has 5 N–H and O–H groups in total. The van der Waals surface area contributed by atoms with Crippen LogP contribution in [0, 0.1) is 0 Å². The normalized spacial score (nSPS) is 10.1. The van der Waals surface area contributed by atoms with E-state index in [9.17, 15) is 9.59 Å². The van der Waals surface area contributed by atoms with Crippen molar-refractivity contribution in [2.75, 3.05) is 21.7 Å². The third kappa shape index (κ3) is 6.61. The number of nitrogens with two attached hydrogens (primary N) is 1. The molecule has 3 aromatic carbocycles. The predicted molar refractivity (Wildman–Crippen MR) is 127 cm³/mol. The standard InChI is InChI=1S/C22H20N4O2S2/c23-21(28)15-6-8-17(9-7-15)24-20(27)14-30-19-12-10-18(11-13-19)26-22(29)25-16-4-2-1-3-5-16/h1-13H,14H2,(H2,23,28)(H,24,27)(H2,25,26,29). The summed E-state index contributed by atoms with van der Waals surface area (Å²) in [5.74, 6) is -0.376. The third-order valence-corrected chi connectivity index (χ3v) is 5.18. The maximum atomic E-state index is 12.1. The lowest BCUT2D eigenvalue weighted by Crippen LogP contribution is -2.18. The monoisotopic (exact) mass is 436 g/mol. The highest BCUT2D eigenvalue weighted by molar-refractivity contribution is 8.00. The van der Waals surface area contributed by atoms with Crippen LogP contribution in [-0.4, -0.2) is 22.7 Å². The van der Waals surface area contributed by atoms with Crippen molar-refractivity contribution in [3.8, 4) is 0 Å². The van der Waals surface area contributed by atoms with E-state index < -0.39 is 5.91 Å². The first kappa shape index (κ1) is 21.4. The van der Waals surface area contributed by atoms with Gasteiger partial charge in [-0.3, -0.25) is 9.59 Å². The average Bonchev–Trinajstić information content (AvgIpc) is 2.74. The molecule has 6 nitrogen and oxygen atoms in total. The number of anilines is 3. The Morgan fingerprint density at radius 3 is 1.90 bits per heavy atom. The minimum Gasteiger partial charge on any atom is -0.366 e. The minimum atomic E-state index is -0.502. The highest BCUT2D eigenvalue weighted by Gasteiger charge is 2.06. The molecule has 0 radical (unpaired) electrons. The number of para-hydroxylation sites is 1. The Morgan fingerprint density at radius 1 is 0.767 bits per heavy atom. The van der Waals surface area contributed by atoms with Crippen LogP contribution in [0.15, 0.2) is 83.8 Å². The molecule has 0 heterocycles. The maximum Gasteiger partial charge on any atom is 0.248 e. The molecule has 2 amide bonds. The molecule has 0 aliphatic carbocycles. The topological polar surface area (TPSA) is 96.2 Å². The van der Waals surface area contributed by atoms with E-state index in [1.807, 2.05) is 54.6 Å². The van der Waals surface area contributed by atoms with E-state index in [1.165, 1.54) is 11.8 Å². The van der Waals surface area contributed by atoms with Crippen LogP contribution in [0.5, 0.6) is 0 Å². The van der Waals surface area contributed by atoms with E-state index in [0.29, 0.717) is 16.4 Å². The van der Waals surface area contributed by atoms with Gasteiger partial charge in [0.2, 0.25) is 11.8 Å². The molecule has 0 saturated heterocycles. The van der Waals surface area contributed by atoms with Gasteiger partial charge in [-0.15, -0.1) is 11.8 Å². The fourth-order valence-electron chi connectivity index (χ4n) is 2.51. The molecule has 8 heteroatoms. The first-order chi connectivity index (χ1) is 14.5. The van der Waals surface area contributed by atoms with Gasteiger partial charge in [0.1, 0.15) is 0 Å². The van der Waals surface area contributed by atoms with E-state index in [0.717, 1.165) is 16.3 Å². The number of amides is 2. The zero-order valence-corrected chi connectivity index (χ0v) is 17.6. The molecule has 0 saturated carbocycles. The van der Waals surface area contributed by atoms with Crippen LogP contribution >= 0.6 is 24.0 Å². The van der Waals surface area contributed by atoms with Gasteiger partial charge in [-0.1, -0.05) is 18.2 Å². The molecule has 0 atom stereocenters. The Bertz CT molecular complexity index is 1020. The van der Waals surface area contributed by atoms with Crippen molar-refractivity contribution in [2.24, 2.45) is 5.73 Å². The second-order valence-corrected chi connectivity index (χ2v) is 7.70. The van der Waals surface area contributed by atoms with Gasteiger partial charge in [0.05, 0.1) is 5.75 Å². The quantitative estimate of drug-likeness (QED) is 0.325. The zero-order chi connectivity index (χ0) is 21.3. The van der Waals surface area contributed by atoms with Crippen molar-refractivity contribution in [1.82, 2.24) is 0 Å². The molecule has 0 fully saturated rings. The van der Waals surface area contributed by atoms with Crippen LogP contribution < -0.4 is 21.7 Å². The number of carbonyl (C=O) groups excluding carboxylic acids is 2. The zero-order valence-electron chi connectivity index (χ0n) is 15.9. The number of carbonyl (C=O) groups is 2. The van der Waals surface area contributed by atoms with Crippen LogP contribution in [0.1, 0.15) is 10.4 Å². The lowest BCUT2D eigenvalue weighted by atomic mass is 10.2. The van der Waals surface area contributed by atoms with Crippen LogP contribution in [-0.2, 0) is 4.79 Å². The fourth-order valence-corrected chi connectivity index (χ4v) is 3.45. The first-order valence-electron chi connectivity index (χ1n) is 9.05. The van der Waals surface area contributed by atoms with Gasteiger partial charge in [0.15, 0.2) is 5.11 Å². The van der Waals surface area contributed by atoms with Crippen LogP contribution in [0.2, 0.25) is 0 Å². The lowest BCUT2D eigenvalue weighted by molar-refractivity contribution is -0.113. The van der Waals surface area contributed by atoms with Gasteiger partial charge < -0.3 is 21.7 Å². The molecule has 30 heavy (non-hydrogen) atoms. The molecule has 152 valence electrons. The molecule has 0 aliphatic heterocycles. The van der Waals surface area contributed by atoms with Crippen LogP contribution in [0.3, 0.4) is 0 Å². The van der Waals surface area contributed by atoms with Gasteiger partial charge >= 0.3 is 0 Å². The Morgan fingerprint density at radius 2 is 1.30 bits per heavy atom. The van der Waals surface area contributed by atoms with Gasteiger partial charge in [-0.25, -0.2) is 0 Å². The Labute approximate surface area is 184 Å². The summed E-state index contributed by atoms with van der Waals surface area (Å²) >= 11 is 6.74. The number of thioether (sulfide) groups is 1. The van der Waals surface area contributed by atoms with Crippen molar-refractivity contribution >= 4 is 58.0 Å². The largest absolute Gasteiger partial charge is 0.366 e. The van der Waals surface area contributed by atoms with Crippen molar-refractivity contribution in [3.63, 3.8) is 0 Å². The number of thiocarbonyl (C=S) groups is 1. The smallest absolute Gasteiger partial charge is 0.248 e. The predicted octanol–water partition coefficient (Wildman–Crippen LogP) is 4.33. The van der Waals surface area contributed by atoms with E-state index >= 15 is 0 Å². The van der Waals surface area contributed by atoms with Gasteiger partial charge in [0.25, 0.3) is 0 Å². The maximum absolute atomic E-state index is 12.1. The van der Waals surface area contributed by atoms with E-state index in [4.69, 9.17) is 18.0 Å². The molecule has 3 aromatic rings. The number of hydrogen-bond acceptors (Lipinski definition) is 4. The molecule has 0 aliphatic rings. The number of hydrogen-bond donors (Lipinski definition) is 4. The first-order valence-corrected chi connectivity index (χ1v) is 10.4. The highest BCUT2D eigenvalue weighted by Crippen LogP contribution is 2.21. The van der Waals surface area contributed by atoms with Crippen molar-refractivity contribution in [3.05, 3.63) is 84.4 Å². The Kier molecular flexibility index (Phi) is 7.42. The number of primary amides is 1. The van der Waals surface area contributed by atoms with Crippen LogP contribution in [0.4, 0.5) is 17.1 Å². The fraction of sp³-hybridized carbons (Fsp3) is 0.0455. The lowest BCUT2D eigenvalue weighted by Gasteiger charge is -2.11. The second kappa shape index (κ2) is 10.4. The Balaban J connectivity index is 1.45. The summed E-state index contributed by atoms with van der Waals surface area (Å²) in [5, 5.41) is 9.53. The summed E-state index contributed by atoms with van der Waals surface area (Å²) in [6, 6.07) is 23.8. The summed E-state index contributed by atoms with van der Waals surface area (Å²) in [7, 11) is 0. The van der Waals surface area contributed by atoms with E-state index in [-0.39, 0.29) is 11.7 Å². The Hall–Kier alpha value is -3.36. The van der Waals surface area contributed by atoms with E-state index in [2.05, 4.69) is 16.0 Å². The average molecular weight is 437 g/mol. The number of rotatable bonds is 7. The summed E-state index contributed by atoms with van der Waals surface area (Å²) in [6.07, 6.45) is 0. The molecule has 0 bridgehead atoms. The van der Waals surface area contributed by atoms with Crippen molar-refractivity contribution in [1.29, 1.82) is 0 Å². The molecule has 0 spiro atoms.